The molecule has 3 rings (SSSR count). The maximum absolute atomic E-state index is 14.2. The summed E-state index contributed by atoms with van der Waals surface area (Å²) in [6.45, 7) is 14.3. The Balaban J connectivity index is 1.76. The summed E-state index contributed by atoms with van der Waals surface area (Å²) in [5, 5.41) is 10.9. The van der Waals surface area contributed by atoms with Crippen molar-refractivity contribution in [2.24, 2.45) is 17.3 Å². The average molecular weight is 629 g/mol. The predicted molar refractivity (Wildman–Crippen MR) is 171 cm³/mol. The van der Waals surface area contributed by atoms with Crippen molar-refractivity contribution >= 4 is 35.4 Å². The number of nitrogens with zero attached hydrogens (tertiary/aromatic N) is 2. The van der Waals surface area contributed by atoms with Gasteiger partial charge in [0.05, 0.1) is 12.6 Å². The van der Waals surface area contributed by atoms with E-state index in [1.165, 1.54) is 11.0 Å². The van der Waals surface area contributed by atoms with Gasteiger partial charge in [-0.3, -0.25) is 24.0 Å². The Morgan fingerprint density at radius 1 is 0.933 bits per heavy atom. The molecule has 1 aliphatic carbocycles. The van der Waals surface area contributed by atoms with Crippen LogP contribution in [0, 0.1) is 17.3 Å². The van der Waals surface area contributed by atoms with Crippen LogP contribution in [0.3, 0.4) is 0 Å². The van der Waals surface area contributed by atoms with Gasteiger partial charge in [-0.25, -0.2) is 4.79 Å². The van der Waals surface area contributed by atoms with Gasteiger partial charge >= 0.3 is 6.03 Å². The second-order valence-corrected chi connectivity index (χ2v) is 13.5. The molecular weight excluding hydrogens is 576 g/mol. The number of hydrogen-bond acceptors (Lipinski definition) is 6. The predicted octanol–water partition coefficient (Wildman–Crippen LogP) is 2.05. The smallest absolute Gasteiger partial charge is 0.315 e. The van der Waals surface area contributed by atoms with Crippen molar-refractivity contribution in [2.45, 2.75) is 96.7 Å². The number of urea groups is 1. The van der Waals surface area contributed by atoms with E-state index >= 15 is 0 Å². The molecule has 4 N–H and O–H groups in total. The summed E-state index contributed by atoms with van der Waals surface area (Å²) in [5.41, 5.74) is -0.352. The lowest BCUT2D eigenvalue weighted by Gasteiger charge is -2.38. The number of carbonyl (C=O) groups excluding carboxylic acids is 6. The van der Waals surface area contributed by atoms with E-state index in [1.54, 1.807) is 11.0 Å². The average Bonchev–Trinajstić information content (AvgIpc) is 3.46. The van der Waals surface area contributed by atoms with Gasteiger partial charge in [0.15, 0.2) is 0 Å². The first-order valence-electron chi connectivity index (χ1n) is 16.3. The summed E-state index contributed by atoms with van der Waals surface area (Å²) in [5.74, 6) is -2.92. The standard InChI is InChI=1S/C33H52N6O6/c1-6-17-34-29(42)24(40)20-35-30(43)28-22(7-2)16-19-39(28)31(44)27(23-13-9-8-10-14-23)37-32(45)36-25(33(3,4)5)21-38-18-12-11-15-26(38)41/h6-7,22-23,25,27-28H,1-2,8-21H2,3-5H3,(H,34,42)(H,35,43)(H2,36,37,45)/t22-,25+,27-,28-/m0/s1. The Morgan fingerprint density at radius 3 is 2.27 bits per heavy atom. The molecule has 0 aromatic heterocycles. The molecule has 6 amide bonds. The van der Waals surface area contributed by atoms with Gasteiger partial charge in [0.2, 0.25) is 23.5 Å². The van der Waals surface area contributed by atoms with Crippen LogP contribution in [0.5, 0.6) is 0 Å². The number of likely N-dealkylation sites (tertiary alicyclic amines) is 2. The lowest BCUT2D eigenvalue weighted by molar-refractivity contribution is -0.142. The van der Waals surface area contributed by atoms with Crippen molar-refractivity contribution in [3.63, 3.8) is 0 Å². The van der Waals surface area contributed by atoms with Gasteiger partial charge in [-0.05, 0) is 43.4 Å². The van der Waals surface area contributed by atoms with Crippen LogP contribution in [0.4, 0.5) is 4.79 Å². The van der Waals surface area contributed by atoms with E-state index in [0.717, 1.165) is 44.9 Å². The molecule has 0 radical (unpaired) electrons. The molecule has 250 valence electrons. The second-order valence-electron chi connectivity index (χ2n) is 13.5. The van der Waals surface area contributed by atoms with Crippen LogP contribution in [-0.4, -0.2) is 96.1 Å². The number of nitrogens with one attached hydrogen (secondary N) is 4. The zero-order chi connectivity index (χ0) is 33.1. The second kappa shape index (κ2) is 16.6. The van der Waals surface area contributed by atoms with E-state index in [-0.39, 0.29) is 48.2 Å². The molecule has 1 saturated carbocycles. The number of carbonyl (C=O) groups is 6. The van der Waals surface area contributed by atoms with Crippen LogP contribution in [0.2, 0.25) is 0 Å². The van der Waals surface area contributed by atoms with Gasteiger partial charge < -0.3 is 31.1 Å². The van der Waals surface area contributed by atoms with Gasteiger partial charge in [-0.15, -0.1) is 13.2 Å². The van der Waals surface area contributed by atoms with Crippen molar-refractivity contribution in [2.75, 3.05) is 32.7 Å². The summed E-state index contributed by atoms with van der Waals surface area (Å²) in [6, 6.07) is -2.62. The molecule has 0 bridgehead atoms. The Kier molecular flexibility index (Phi) is 13.2. The van der Waals surface area contributed by atoms with Gasteiger partial charge in [0.1, 0.15) is 12.1 Å². The Bertz CT molecular complexity index is 1130. The molecular formula is C33H52N6O6. The highest BCUT2D eigenvalue weighted by atomic mass is 16.2. The molecule has 0 spiro atoms. The van der Waals surface area contributed by atoms with Crippen LogP contribution < -0.4 is 21.3 Å². The van der Waals surface area contributed by atoms with E-state index in [1.807, 2.05) is 20.8 Å². The number of ketones is 1. The summed E-state index contributed by atoms with van der Waals surface area (Å²) in [7, 11) is 0. The third-order valence-corrected chi connectivity index (χ3v) is 9.23. The summed E-state index contributed by atoms with van der Waals surface area (Å²) < 4.78 is 0. The third kappa shape index (κ3) is 9.89. The van der Waals surface area contributed by atoms with E-state index in [9.17, 15) is 28.8 Å². The summed E-state index contributed by atoms with van der Waals surface area (Å²) >= 11 is 0. The normalized spacial score (nSPS) is 22.2. The fourth-order valence-electron chi connectivity index (χ4n) is 6.44. The lowest BCUT2D eigenvalue weighted by atomic mass is 9.83. The minimum Gasteiger partial charge on any atom is -0.347 e. The molecule has 45 heavy (non-hydrogen) atoms. The molecule has 12 heteroatoms. The maximum atomic E-state index is 14.2. The molecule has 3 fully saturated rings. The van der Waals surface area contributed by atoms with Gasteiger partial charge in [-0.2, -0.15) is 0 Å². The zero-order valence-corrected chi connectivity index (χ0v) is 27.2. The minimum atomic E-state index is -0.928. The first-order chi connectivity index (χ1) is 21.4. The Morgan fingerprint density at radius 2 is 1.64 bits per heavy atom. The number of amides is 6. The summed E-state index contributed by atoms with van der Waals surface area (Å²) in [4.78, 5) is 81.2. The zero-order valence-electron chi connectivity index (χ0n) is 27.2. The molecule has 0 aromatic rings. The van der Waals surface area contributed by atoms with Crippen molar-refractivity contribution in [1.82, 2.24) is 31.1 Å². The highest BCUT2D eigenvalue weighted by molar-refractivity contribution is 6.37. The number of Topliss-reactive ketones (excluding diaryl/α,β-unsaturated/α-hetero) is 1. The van der Waals surface area contributed by atoms with Crippen molar-refractivity contribution in [3.05, 3.63) is 25.3 Å². The van der Waals surface area contributed by atoms with Crippen molar-refractivity contribution in [3.8, 4) is 0 Å². The molecule has 0 aromatic carbocycles. The topological polar surface area (TPSA) is 157 Å². The largest absolute Gasteiger partial charge is 0.347 e. The first-order valence-corrected chi connectivity index (χ1v) is 16.3. The molecule has 0 unspecified atom stereocenters. The number of piperidine rings is 1. The highest BCUT2D eigenvalue weighted by Gasteiger charge is 2.45. The highest BCUT2D eigenvalue weighted by Crippen LogP contribution is 2.31. The monoisotopic (exact) mass is 628 g/mol. The SMILES string of the molecule is C=CCNC(=O)C(=O)CNC(=O)[C@@H]1[C@@H](C=C)CCN1C(=O)[C@@H](NC(=O)N[C@H](CN1CCCCC1=O)C(C)(C)C)C1CCCCC1. The van der Waals surface area contributed by atoms with Gasteiger partial charge in [0, 0.05) is 38.5 Å². The molecule has 3 aliphatic rings. The Labute approximate surface area is 267 Å². The first kappa shape index (κ1) is 35.8. The number of rotatable bonds is 13. The van der Waals surface area contributed by atoms with Crippen LogP contribution in [-0.2, 0) is 24.0 Å². The molecule has 2 saturated heterocycles. The van der Waals surface area contributed by atoms with E-state index in [0.29, 0.717) is 25.9 Å². The fourth-order valence-corrected chi connectivity index (χ4v) is 6.44. The van der Waals surface area contributed by atoms with Crippen LogP contribution in [0.25, 0.3) is 0 Å². The molecule has 2 heterocycles. The third-order valence-electron chi connectivity index (χ3n) is 9.23. The summed E-state index contributed by atoms with van der Waals surface area (Å²) in [6.07, 6.45) is 10.4. The van der Waals surface area contributed by atoms with Gasteiger partial charge in [-0.1, -0.05) is 52.2 Å². The minimum absolute atomic E-state index is 0.0854. The fraction of sp³-hybridized carbons (Fsp3) is 0.697. The van der Waals surface area contributed by atoms with Crippen LogP contribution >= 0.6 is 0 Å². The van der Waals surface area contributed by atoms with Crippen molar-refractivity contribution < 1.29 is 28.8 Å². The quantitative estimate of drug-likeness (QED) is 0.181. The van der Waals surface area contributed by atoms with Gasteiger partial charge in [0.25, 0.3) is 5.91 Å². The molecule has 12 nitrogen and oxygen atoms in total. The Hall–Kier alpha value is -3.70. The molecule has 4 atom stereocenters. The van der Waals surface area contributed by atoms with Crippen LogP contribution in [0.15, 0.2) is 25.3 Å². The van der Waals surface area contributed by atoms with Crippen molar-refractivity contribution in [1.29, 1.82) is 0 Å². The van der Waals surface area contributed by atoms with Crippen LogP contribution in [0.1, 0.15) is 78.6 Å². The maximum Gasteiger partial charge on any atom is 0.315 e. The number of hydrogen-bond donors (Lipinski definition) is 4. The van der Waals surface area contributed by atoms with E-state index < -0.39 is 42.3 Å². The van der Waals surface area contributed by atoms with E-state index in [4.69, 9.17) is 0 Å². The molecule has 2 aliphatic heterocycles. The van der Waals surface area contributed by atoms with E-state index in [2.05, 4.69) is 34.4 Å². The lowest BCUT2D eigenvalue weighted by Crippen LogP contribution is -2.61.